The Balaban J connectivity index is 2.27. The lowest BCUT2D eigenvalue weighted by molar-refractivity contribution is -0.137. The highest BCUT2D eigenvalue weighted by atomic mass is 19.4. The number of benzene rings is 2. The Morgan fingerprint density at radius 2 is 1.67 bits per heavy atom. The second-order valence-corrected chi connectivity index (χ2v) is 5.58. The zero-order chi connectivity index (χ0) is 20.0. The van der Waals surface area contributed by atoms with E-state index < -0.39 is 23.6 Å². The predicted molar refractivity (Wildman–Crippen MR) is 93.0 cm³/mol. The number of esters is 1. The van der Waals surface area contributed by atoms with E-state index in [1.165, 1.54) is 37.4 Å². The minimum Gasteiger partial charge on any atom is -0.491 e. The third-order valence-electron chi connectivity index (χ3n) is 3.58. The monoisotopic (exact) mass is 381 g/mol. The van der Waals surface area contributed by atoms with Crippen molar-refractivity contribution in [3.8, 4) is 5.75 Å². The van der Waals surface area contributed by atoms with Gasteiger partial charge in [0.1, 0.15) is 5.75 Å². The minimum absolute atomic E-state index is 0.0830. The van der Waals surface area contributed by atoms with Gasteiger partial charge in [-0.25, -0.2) is 4.79 Å². The lowest BCUT2D eigenvalue weighted by Crippen LogP contribution is -2.15. The third-order valence-corrected chi connectivity index (χ3v) is 3.58. The maximum absolute atomic E-state index is 13.0. The number of carbonyl (C=O) groups excluding carboxylic acids is 2. The van der Waals surface area contributed by atoms with E-state index in [0.717, 1.165) is 12.1 Å². The van der Waals surface area contributed by atoms with Crippen molar-refractivity contribution in [1.29, 1.82) is 0 Å². The molecule has 0 fully saturated rings. The van der Waals surface area contributed by atoms with Gasteiger partial charge in [-0.3, -0.25) is 4.79 Å². The summed E-state index contributed by atoms with van der Waals surface area (Å²) in [4.78, 5) is 23.8. The van der Waals surface area contributed by atoms with Gasteiger partial charge in [0.05, 0.1) is 30.5 Å². The smallest absolute Gasteiger partial charge is 0.416 e. The summed E-state index contributed by atoms with van der Waals surface area (Å²) in [5.41, 5.74) is -0.565. The van der Waals surface area contributed by atoms with Gasteiger partial charge in [-0.2, -0.15) is 13.2 Å². The fourth-order valence-corrected chi connectivity index (χ4v) is 2.21. The summed E-state index contributed by atoms with van der Waals surface area (Å²) in [5.74, 6) is -1.05. The molecule has 1 N–H and O–H groups in total. The Hall–Kier alpha value is -3.03. The molecule has 0 heterocycles. The molecule has 0 bridgehead atoms. The van der Waals surface area contributed by atoms with Gasteiger partial charge in [0, 0.05) is 5.56 Å². The molecular formula is C19H18F3NO4. The zero-order valence-corrected chi connectivity index (χ0v) is 14.7. The highest BCUT2D eigenvalue weighted by molar-refractivity contribution is 6.05. The fourth-order valence-electron chi connectivity index (χ4n) is 2.21. The molecule has 0 unspecified atom stereocenters. The molecule has 0 spiro atoms. The van der Waals surface area contributed by atoms with E-state index in [2.05, 4.69) is 10.1 Å². The summed E-state index contributed by atoms with van der Waals surface area (Å²) in [6.07, 6.45) is -3.89. The average Bonchev–Trinajstić information content (AvgIpc) is 2.65. The number of anilines is 1. The molecule has 8 heteroatoms. The molecule has 2 aromatic carbocycles. The number of hydrogen-bond acceptors (Lipinski definition) is 4. The molecule has 0 aromatic heterocycles. The summed E-state index contributed by atoms with van der Waals surface area (Å²) in [6.45, 7) is 2.15. The summed E-state index contributed by atoms with van der Waals surface area (Å²) in [7, 11) is 1.23. The lowest BCUT2D eigenvalue weighted by atomic mass is 10.1. The van der Waals surface area contributed by atoms with Gasteiger partial charge in [0.15, 0.2) is 0 Å². The van der Waals surface area contributed by atoms with Crippen LogP contribution in [0.15, 0.2) is 42.5 Å². The molecule has 5 nitrogen and oxygen atoms in total. The number of methoxy groups -OCH3 is 1. The summed E-state index contributed by atoms with van der Waals surface area (Å²) >= 11 is 0. The molecule has 2 aromatic rings. The topological polar surface area (TPSA) is 64.6 Å². The molecule has 144 valence electrons. The maximum Gasteiger partial charge on any atom is 0.416 e. The summed E-state index contributed by atoms with van der Waals surface area (Å²) in [6, 6.07) is 8.43. The van der Waals surface area contributed by atoms with E-state index in [-0.39, 0.29) is 22.6 Å². The van der Waals surface area contributed by atoms with E-state index >= 15 is 0 Å². The van der Waals surface area contributed by atoms with Crippen LogP contribution in [-0.2, 0) is 10.9 Å². The molecule has 0 aliphatic rings. The van der Waals surface area contributed by atoms with Crippen molar-refractivity contribution in [2.45, 2.75) is 19.5 Å². The number of rotatable bonds is 6. The summed E-state index contributed by atoms with van der Waals surface area (Å²) < 4.78 is 48.9. The van der Waals surface area contributed by atoms with E-state index in [9.17, 15) is 22.8 Å². The number of ether oxygens (including phenoxy) is 2. The van der Waals surface area contributed by atoms with Crippen LogP contribution in [-0.4, -0.2) is 25.6 Å². The van der Waals surface area contributed by atoms with Crippen molar-refractivity contribution >= 4 is 17.6 Å². The molecule has 1 amide bonds. The van der Waals surface area contributed by atoms with Crippen LogP contribution >= 0.6 is 0 Å². The standard InChI is InChI=1S/C19H18F3NO4/c1-3-10-27-16-9-8-14(19(20,21)22)11-15(16)23-17(24)12-4-6-13(7-5-12)18(25)26-2/h4-9,11H,3,10H2,1-2H3,(H,23,24). The van der Waals surface area contributed by atoms with Crippen molar-refractivity contribution < 1.29 is 32.2 Å². The Labute approximate surface area is 154 Å². The van der Waals surface area contributed by atoms with Gasteiger partial charge >= 0.3 is 12.1 Å². The molecule has 0 atom stereocenters. The Kier molecular flexibility index (Phi) is 6.44. The number of nitrogens with one attached hydrogen (secondary N) is 1. The van der Waals surface area contributed by atoms with Crippen molar-refractivity contribution in [2.24, 2.45) is 0 Å². The molecule has 0 aliphatic heterocycles. The Bertz CT molecular complexity index is 817. The first-order valence-corrected chi connectivity index (χ1v) is 8.10. The third kappa shape index (κ3) is 5.22. The Morgan fingerprint density at radius 1 is 1.04 bits per heavy atom. The van der Waals surface area contributed by atoms with Gasteiger partial charge < -0.3 is 14.8 Å². The van der Waals surface area contributed by atoms with E-state index in [1.807, 2.05) is 6.92 Å². The van der Waals surface area contributed by atoms with Crippen molar-refractivity contribution in [3.63, 3.8) is 0 Å². The van der Waals surface area contributed by atoms with Crippen LogP contribution in [0, 0.1) is 0 Å². The molecule has 0 saturated carbocycles. The van der Waals surface area contributed by atoms with Crippen LogP contribution in [0.1, 0.15) is 39.6 Å². The first-order chi connectivity index (χ1) is 12.8. The predicted octanol–water partition coefficient (Wildman–Crippen LogP) is 4.53. The highest BCUT2D eigenvalue weighted by Gasteiger charge is 2.31. The summed E-state index contributed by atoms with van der Waals surface area (Å²) in [5, 5.41) is 2.43. The Morgan fingerprint density at radius 3 is 2.22 bits per heavy atom. The van der Waals surface area contributed by atoms with Crippen LogP contribution in [0.2, 0.25) is 0 Å². The number of halogens is 3. The van der Waals surface area contributed by atoms with E-state index in [0.29, 0.717) is 13.0 Å². The average molecular weight is 381 g/mol. The minimum atomic E-state index is -4.55. The molecular weight excluding hydrogens is 363 g/mol. The number of carbonyl (C=O) groups is 2. The van der Waals surface area contributed by atoms with Gasteiger partial charge in [-0.15, -0.1) is 0 Å². The number of amides is 1. The van der Waals surface area contributed by atoms with Crippen LogP contribution in [0.4, 0.5) is 18.9 Å². The van der Waals surface area contributed by atoms with Gasteiger partial charge in [-0.05, 0) is 48.9 Å². The quantitative estimate of drug-likeness (QED) is 0.747. The van der Waals surface area contributed by atoms with Crippen LogP contribution in [0.25, 0.3) is 0 Å². The second kappa shape index (κ2) is 8.57. The van der Waals surface area contributed by atoms with Gasteiger partial charge in [0.2, 0.25) is 0 Å². The normalized spacial score (nSPS) is 11.0. The molecule has 0 aliphatic carbocycles. The maximum atomic E-state index is 13.0. The van der Waals surface area contributed by atoms with Crippen LogP contribution in [0.5, 0.6) is 5.75 Å². The molecule has 27 heavy (non-hydrogen) atoms. The van der Waals surface area contributed by atoms with Crippen LogP contribution < -0.4 is 10.1 Å². The van der Waals surface area contributed by atoms with Gasteiger partial charge in [0.25, 0.3) is 5.91 Å². The van der Waals surface area contributed by atoms with Crippen molar-refractivity contribution in [1.82, 2.24) is 0 Å². The largest absolute Gasteiger partial charge is 0.491 e. The first kappa shape index (κ1) is 20.3. The van der Waals surface area contributed by atoms with Crippen molar-refractivity contribution in [2.75, 3.05) is 19.0 Å². The molecule has 0 radical (unpaired) electrons. The van der Waals surface area contributed by atoms with Crippen LogP contribution in [0.3, 0.4) is 0 Å². The number of alkyl halides is 3. The second-order valence-electron chi connectivity index (χ2n) is 5.58. The lowest BCUT2D eigenvalue weighted by Gasteiger charge is -2.15. The highest BCUT2D eigenvalue weighted by Crippen LogP contribution is 2.35. The fraction of sp³-hybridized carbons (Fsp3) is 0.263. The van der Waals surface area contributed by atoms with Gasteiger partial charge in [-0.1, -0.05) is 6.92 Å². The molecule has 2 rings (SSSR count). The number of hydrogen-bond donors (Lipinski definition) is 1. The zero-order valence-electron chi connectivity index (χ0n) is 14.7. The molecule has 0 saturated heterocycles. The van der Waals surface area contributed by atoms with Crippen molar-refractivity contribution in [3.05, 3.63) is 59.2 Å². The van der Waals surface area contributed by atoms with E-state index in [1.54, 1.807) is 0 Å². The van der Waals surface area contributed by atoms with E-state index in [4.69, 9.17) is 4.74 Å². The first-order valence-electron chi connectivity index (χ1n) is 8.10. The SMILES string of the molecule is CCCOc1ccc(C(F)(F)F)cc1NC(=O)c1ccc(C(=O)OC)cc1.